The standard InChI is InChI=1S/C7H6N2O5/c10-3-1-2-8-4(5(3)11)6(12)9-7(13)14/h1-2,11H,(H,8,10)(H,9,12)(H,13,14). The van der Waals surface area contributed by atoms with E-state index in [0.717, 1.165) is 12.3 Å². The molecule has 0 saturated carbocycles. The minimum Gasteiger partial charge on any atom is -0.503 e. The second-order valence-corrected chi connectivity index (χ2v) is 2.32. The molecule has 0 aliphatic heterocycles. The van der Waals surface area contributed by atoms with Gasteiger partial charge in [0.25, 0.3) is 5.91 Å². The van der Waals surface area contributed by atoms with Crippen molar-refractivity contribution in [3.05, 3.63) is 28.2 Å². The van der Waals surface area contributed by atoms with Crippen LogP contribution in [0.5, 0.6) is 5.75 Å². The number of nitrogens with one attached hydrogen (secondary N) is 2. The van der Waals surface area contributed by atoms with E-state index in [1.807, 2.05) is 0 Å². The fraction of sp³-hybridized carbons (Fsp3) is 0. The molecule has 1 aromatic heterocycles. The van der Waals surface area contributed by atoms with Gasteiger partial charge in [-0.2, -0.15) is 0 Å². The summed E-state index contributed by atoms with van der Waals surface area (Å²) < 4.78 is 0. The number of carbonyl (C=O) groups is 2. The van der Waals surface area contributed by atoms with Crippen molar-refractivity contribution in [3.8, 4) is 5.75 Å². The van der Waals surface area contributed by atoms with E-state index in [9.17, 15) is 14.4 Å². The normalized spacial score (nSPS) is 9.43. The Morgan fingerprint density at radius 1 is 1.43 bits per heavy atom. The summed E-state index contributed by atoms with van der Waals surface area (Å²) in [6.07, 6.45) is -0.446. The third kappa shape index (κ3) is 1.89. The maximum Gasteiger partial charge on any atom is 0.411 e. The van der Waals surface area contributed by atoms with Gasteiger partial charge in [-0.15, -0.1) is 0 Å². The lowest BCUT2D eigenvalue weighted by molar-refractivity contribution is 0.0940. The second-order valence-electron chi connectivity index (χ2n) is 2.32. The average Bonchev–Trinajstić information content (AvgIpc) is 2.08. The number of pyridine rings is 1. The lowest BCUT2D eigenvalue weighted by Crippen LogP contribution is -2.30. The van der Waals surface area contributed by atoms with Gasteiger partial charge in [0, 0.05) is 12.3 Å². The maximum atomic E-state index is 11.0. The van der Waals surface area contributed by atoms with E-state index in [4.69, 9.17) is 10.2 Å². The molecule has 0 fully saturated rings. The molecular formula is C7H6N2O5. The highest BCUT2D eigenvalue weighted by Crippen LogP contribution is 2.05. The van der Waals surface area contributed by atoms with E-state index in [1.165, 1.54) is 5.32 Å². The fourth-order valence-corrected chi connectivity index (χ4v) is 0.804. The zero-order valence-electron chi connectivity index (χ0n) is 6.77. The molecule has 0 aromatic carbocycles. The molecule has 4 N–H and O–H groups in total. The van der Waals surface area contributed by atoms with E-state index in [1.54, 1.807) is 0 Å². The number of aromatic amines is 1. The van der Waals surface area contributed by atoms with Gasteiger partial charge in [-0.25, -0.2) is 4.79 Å². The Bertz CT molecular complexity index is 436. The molecule has 1 rings (SSSR count). The highest BCUT2D eigenvalue weighted by molar-refractivity contribution is 6.02. The van der Waals surface area contributed by atoms with Crippen molar-refractivity contribution in [2.75, 3.05) is 0 Å². The van der Waals surface area contributed by atoms with Crippen LogP contribution in [0.2, 0.25) is 0 Å². The van der Waals surface area contributed by atoms with E-state index >= 15 is 0 Å². The van der Waals surface area contributed by atoms with Crippen LogP contribution in [0.25, 0.3) is 0 Å². The maximum absolute atomic E-state index is 11.0. The van der Waals surface area contributed by atoms with Crippen molar-refractivity contribution in [2.24, 2.45) is 0 Å². The quantitative estimate of drug-likeness (QED) is 0.484. The zero-order valence-corrected chi connectivity index (χ0v) is 6.77. The molecule has 0 atom stereocenters. The highest BCUT2D eigenvalue weighted by atomic mass is 16.4. The number of hydrogen-bond donors (Lipinski definition) is 4. The molecular weight excluding hydrogens is 192 g/mol. The molecule has 7 nitrogen and oxygen atoms in total. The number of amides is 2. The number of H-pyrrole nitrogens is 1. The molecule has 0 aliphatic rings. The largest absolute Gasteiger partial charge is 0.503 e. The van der Waals surface area contributed by atoms with Crippen molar-refractivity contribution in [1.82, 2.24) is 10.3 Å². The Morgan fingerprint density at radius 2 is 2.07 bits per heavy atom. The topological polar surface area (TPSA) is 119 Å². The molecule has 14 heavy (non-hydrogen) atoms. The molecule has 0 aliphatic carbocycles. The molecule has 0 radical (unpaired) electrons. The minimum atomic E-state index is -1.57. The molecule has 0 bridgehead atoms. The number of hydrogen-bond acceptors (Lipinski definition) is 4. The van der Waals surface area contributed by atoms with Crippen LogP contribution in [0.4, 0.5) is 4.79 Å². The van der Waals surface area contributed by atoms with Gasteiger partial charge >= 0.3 is 6.09 Å². The Labute approximate surface area is 77.0 Å². The number of imide groups is 1. The van der Waals surface area contributed by atoms with Crippen LogP contribution in [0.15, 0.2) is 17.1 Å². The molecule has 0 saturated heterocycles. The van der Waals surface area contributed by atoms with Crippen molar-refractivity contribution in [1.29, 1.82) is 0 Å². The van der Waals surface area contributed by atoms with Gasteiger partial charge in [0.2, 0.25) is 5.43 Å². The molecule has 0 unspecified atom stereocenters. The molecule has 0 spiro atoms. The Kier molecular flexibility index (Phi) is 2.52. The van der Waals surface area contributed by atoms with Crippen LogP contribution in [0.3, 0.4) is 0 Å². The van der Waals surface area contributed by atoms with Crippen LogP contribution in [0, 0.1) is 0 Å². The van der Waals surface area contributed by atoms with Crippen LogP contribution >= 0.6 is 0 Å². The Balaban J connectivity index is 3.08. The van der Waals surface area contributed by atoms with E-state index in [2.05, 4.69) is 4.98 Å². The van der Waals surface area contributed by atoms with Crippen molar-refractivity contribution in [3.63, 3.8) is 0 Å². The number of aromatic hydroxyl groups is 1. The monoisotopic (exact) mass is 198 g/mol. The second kappa shape index (κ2) is 3.60. The van der Waals surface area contributed by atoms with Crippen LogP contribution in [-0.4, -0.2) is 27.2 Å². The smallest absolute Gasteiger partial charge is 0.411 e. The summed E-state index contributed by atoms with van der Waals surface area (Å²) in [5.41, 5.74) is -1.25. The number of carbonyl (C=O) groups excluding carboxylic acids is 1. The summed E-state index contributed by atoms with van der Waals surface area (Å²) in [5.74, 6) is -1.90. The Morgan fingerprint density at radius 3 is 2.64 bits per heavy atom. The first kappa shape index (κ1) is 9.78. The first-order valence-electron chi connectivity index (χ1n) is 3.47. The van der Waals surface area contributed by atoms with Gasteiger partial charge in [-0.1, -0.05) is 0 Å². The van der Waals surface area contributed by atoms with Gasteiger partial charge in [0.15, 0.2) is 11.4 Å². The SMILES string of the molecule is O=C(O)NC(=O)c1[nH]ccc(=O)c1O. The first-order chi connectivity index (χ1) is 6.52. The third-order valence-electron chi connectivity index (χ3n) is 1.38. The molecule has 7 heteroatoms. The lowest BCUT2D eigenvalue weighted by atomic mass is 10.3. The summed E-state index contributed by atoms with van der Waals surface area (Å²) in [4.78, 5) is 34.2. The van der Waals surface area contributed by atoms with Crippen LogP contribution < -0.4 is 10.7 Å². The predicted molar refractivity (Wildman–Crippen MR) is 44.2 cm³/mol. The predicted octanol–water partition coefficient (Wildman–Crippen LogP) is -0.512. The first-order valence-corrected chi connectivity index (χ1v) is 3.47. The van der Waals surface area contributed by atoms with E-state index in [-0.39, 0.29) is 0 Å². The molecule has 74 valence electrons. The molecule has 1 aromatic rings. The van der Waals surface area contributed by atoms with Crippen molar-refractivity contribution in [2.45, 2.75) is 0 Å². The van der Waals surface area contributed by atoms with Gasteiger partial charge < -0.3 is 15.2 Å². The summed E-state index contributed by atoms with van der Waals surface area (Å²) in [7, 11) is 0. The number of aromatic nitrogens is 1. The molecule has 2 amide bonds. The average molecular weight is 198 g/mol. The summed E-state index contributed by atoms with van der Waals surface area (Å²) >= 11 is 0. The van der Waals surface area contributed by atoms with Crippen LogP contribution in [0.1, 0.15) is 10.5 Å². The Hall–Kier alpha value is -2.31. The molecule has 1 heterocycles. The van der Waals surface area contributed by atoms with Crippen molar-refractivity contribution < 1.29 is 19.8 Å². The summed E-state index contributed by atoms with van der Waals surface area (Å²) in [6, 6.07) is 1.01. The van der Waals surface area contributed by atoms with Gasteiger partial charge in [0.1, 0.15) is 0 Å². The summed E-state index contributed by atoms with van der Waals surface area (Å²) in [6.45, 7) is 0. The third-order valence-corrected chi connectivity index (χ3v) is 1.38. The lowest BCUT2D eigenvalue weighted by Gasteiger charge is -2.01. The van der Waals surface area contributed by atoms with Gasteiger partial charge in [-0.3, -0.25) is 14.9 Å². The number of carboxylic acid groups (broad SMARTS) is 1. The van der Waals surface area contributed by atoms with E-state index < -0.39 is 28.9 Å². The van der Waals surface area contributed by atoms with Gasteiger partial charge in [-0.05, 0) is 0 Å². The minimum absolute atomic E-state index is 0.486. The fourth-order valence-electron chi connectivity index (χ4n) is 0.804. The number of rotatable bonds is 1. The van der Waals surface area contributed by atoms with E-state index in [0.29, 0.717) is 0 Å². The van der Waals surface area contributed by atoms with Gasteiger partial charge in [0.05, 0.1) is 0 Å². The highest BCUT2D eigenvalue weighted by Gasteiger charge is 2.15. The summed E-state index contributed by atoms with van der Waals surface area (Å²) in [5, 5.41) is 18.8. The van der Waals surface area contributed by atoms with Crippen LogP contribution in [-0.2, 0) is 0 Å². The zero-order chi connectivity index (χ0) is 10.7. The van der Waals surface area contributed by atoms with Crippen molar-refractivity contribution >= 4 is 12.0 Å².